The SMILES string of the molecule is COc1ccc(F)c2ncc(N)cc12. The van der Waals surface area contributed by atoms with E-state index in [0.717, 1.165) is 0 Å². The van der Waals surface area contributed by atoms with Crippen LogP contribution < -0.4 is 10.5 Å². The number of ether oxygens (including phenoxy) is 1. The highest BCUT2D eigenvalue weighted by molar-refractivity contribution is 5.87. The van der Waals surface area contributed by atoms with Gasteiger partial charge in [-0.2, -0.15) is 0 Å². The normalized spacial score (nSPS) is 10.4. The van der Waals surface area contributed by atoms with Crippen LogP contribution in [0.4, 0.5) is 10.1 Å². The molecule has 0 amide bonds. The number of rotatable bonds is 1. The van der Waals surface area contributed by atoms with Crippen molar-refractivity contribution >= 4 is 16.6 Å². The number of benzene rings is 1. The molecule has 0 bridgehead atoms. The summed E-state index contributed by atoms with van der Waals surface area (Å²) in [6.07, 6.45) is 1.42. The van der Waals surface area contributed by atoms with Gasteiger partial charge in [0.1, 0.15) is 17.1 Å². The van der Waals surface area contributed by atoms with E-state index in [2.05, 4.69) is 4.98 Å². The van der Waals surface area contributed by atoms with Crippen LogP contribution in [0, 0.1) is 5.82 Å². The molecule has 4 heteroatoms. The molecule has 0 atom stereocenters. The number of nitrogens with two attached hydrogens (primary N) is 1. The number of methoxy groups -OCH3 is 1. The van der Waals surface area contributed by atoms with Crippen LogP contribution in [-0.2, 0) is 0 Å². The maximum absolute atomic E-state index is 13.3. The molecule has 1 aromatic carbocycles. The number of aromatic nitrogens is 1. The molecule has 2 rings (SSSR count). The lowest BCUT2D eigenvalue weighted by molar-refractivity contribution is 0.419. The first-order valence-corrected chi connectivity index (χ1v) is 4.10. The van der Waals surface area contributed by atoms with Crippen molar-refractivity contribution in [2.24, 2.45) is 0 Å². The molecule has 0 spiro atoms. The average Bonchev–Trinajstić information content (AvgIpc) is 2.18. The smallest absolute Gasteiger partial charge is 0.149 e. The number of anilines is 1. The number of fused-ring (bicyclic) bond motifs is 1. The number of hydrogen-bond acceptors (Lipinski definition) is 3. The van der Waals surface area contributed by atoms with Crippen molar-refractivity contribution in [1.82, 2.24) is 4.98 Å². The van der Waals surface area contributed by atoms with E-state index >= 15 is 0 Å². The minimum absolute atomic E-state index is 0.276. The molecule has 0 unspecified atom stereocenters. The lowest BCUT2D eigenvalue weighted by Crippen LogP contribution is -1.92. The zero-order valence-corrected chi connectivity index (χ0v) is 7.62. The van der Waals surface area contributed by atoms with Crippen LogP contribution in [0.15, 0.2) is 24.4 Å². The summed E-state index contributed by atoms with van der Waals surface area (Å²) in [4.78, 5) is 3.91. The maximum Gasteiger partial charge on any atom is 0.149 e. The van der Waals surface area contributed by atoms with Gasteiger partial charge in [-0.25, -0.2) is 4.39 Å². The number of nitrogens with zero attached hydrogens (tertiary/aromatic N) is 1. The molecule has 2 N–H and O–H groups in total. The van der Waals surface area contributed by atoms with E-state index in [9.17, 15) is 4.39 Å². The van der Waals surface area contributed by atoms with Crippen LogP contribution in [0.3, 0.4) is 0 Å². The van der Waals surface area contributed by atoms with Gasteiger partial charge in [-0.1, -0.05) is 0 Å². The van der Waals surface area contributed by atoms with Crippen molar-refractivity contribution in [3.8, 4) is 5.75 Å². The maximum atomic E-state index is 13.3. The molecule has 0 aliphatic carbocycles. The van der Waals surface area contributed by atoms with Crippen LogP contribution in [0.25, 0.3) is 10.9 Å². The number of halogens is 1. The van der Waals surface area contributed by atoms with Crippen molar-refractivity contribution in [3.05, 3.63) is 30.2 Å². The Kier molecular flexibility index (Phi) is 1.96. The summed E-state index contributed by atoms with van der Waals surface area (Å²) in [6, 6.07) is 4.52. The van der Waals surface area contributed by atoms with Gasteiger partial charge in [0, 0.05) is 5.39 Å². The topological polar surface area (TPSA) is 48.1 Å². The number of nitrogen functional groups attached to an aromatic ring is 1. The fourth-order valence-electron chi connectivity index (χ4n) is 1.35. The summed E-state index contributed by atoms with van der Waals surface area (Å²) < 4.78 is 18.4. The standard InChI is InChI=1S/C10H9FN2O/c1-14-9-3-2-8(11)10-7(9)4-6(12)5-13-10/h2-5H,12H2,1H3. The molecular weight excluding hydrogens is 183 g/mol. The molecule has 0 saturated heterocycles. The van der Waals surface area contributed by atoms with Gasteiger partial charge in [0.15, 0.2) is 0 Å². The van der Waals surface area contributed by atoms with Gasteiger partial charge < -0.3 is 10.5 Å². The van der Waals surface area contributed by atoms with E-state index in [1.54, 1.807) is 12.1 Å². The summed E-state index contributed by atoms with van der Waals surface area (Å²) in [5.41, 5.74) is 6.32. The summed E-state index contributed by atoms with van der Waals surface area (Å²) in [6.45, 7) is 0. The molecule has 0 fully saturated rings. The molecule has 1 aromatic heterocycles. The van der Waals surface area contributed by atoms with E-state index in [1.165, 1.54) is 19.4 Å². The van der Waals surface area contributed by atoms with Gasteiger partial charge in [-0.3, -0.25) is 4.98 Å². The van der Waals surface area contributed by atoms with Crippen molar-refractivity contribution in [3.63, 3.8) is 0 Å². The van der Waals surface area contributed by atoms with Crippen molar-refractivity contribution in [1.29, 1.82) is 0 Å². The summed E-state index contributed by atoms with van der Waals surface area (Å²) in [7, 11) is 1.52. The fraction of sp³-hybridized carbons (Fsp3) is 0.100. The van der Waals surface area contributed by atoms with Gasteiger partial charge >= 0.3 is 0 Å². The molecule has 3 nitrogen and oxygen atoms in total. The predicted molar refractivity (Wildman–Crippen MR) is 52.7 cm³/mol. The van der Waals surface area contributed by atoms with Gasteiger partial charge in [0.2, 0.25) is 0 Å². The zero-order valence-electron chi connectivity index (χ0n) is 7.62. The Morgan fingerprint density at radius 1 is 1.43 bits per heavy atom. The Bertz CT molecular complexity index is 485. The monoisotopic (exact) mass is 192 g/mol. The zero-order chi connectivity index (χ0) is 10.1. The lowest BCUT2D eigenvalue weighted by Gasteiger charge is -2.05. The van der Waals surface area contributed by atoms with Crippen LogP contribution in [0.5, 0.6) is 5.75 Å². The Morgan fingerprint density at radius 2 is 2.21 bits per heavy atom. The van der Waals surface area contributed by atoms with Gasteiger partial charge in [-0.15, -0.1) is 0 Å². The first-order valence-electron chi connectivity index (χ1n) is 4.10. The van der Waals surface area contributed by atoms with Crippen LogP contribution >= 0.6 is 0 Å². The van der Waals surface area contributed by atoms with Crippen molar-refractivity contribution in [2.45, 2.75) is 0 Å². The molecule has 0 saturated carbocycles. The second kappa shape index (κ2) is 3.14. The molecule has 14 heavy (non-hydrogen) atoms. The Morgan fingerprint density at radius 3 is 2.93 bits per heavy atom. The van der Waals surface area contributed by atoms with E-state index in [0.29, 0.717) is 16.8 Å². The lowest BCUT2D eigenvalue weighted by atomic mass is 10.2. The first-order chi connectivity index (χ1) is 6.72. The van der Waals surface area contributed by atoms with E-state index in [1.807, 2.05) is 0 Å². The van der Waals surface area contributed by atoms with E-state index < -0.39 is 0 Å². The van der Waals surface area contributed by atoms with Crippen molar-refractivity contribution < 1.29 is 9.13 Å². The minimum Gasteiger partial charge on any atom is -0.496 e. The van der Waals surface area contributed by atoms with Crippen LogP contribution in [0.2, 0.25) is 0 Å². The molecule has 2 aromatic rings. The summed E-state index contributed by atoms with van der Waals surface area (Å²) in [5.74, 6) is 0.196. The van der Waals surface area contributed by atoms with Crippen LogP contribution in [-0.4, -0.2) is 12.1 Å². The van der Waals surface area contributed by atoms with Crippen LogP contribution in [0.1, 0.15) is 0 Å². The Hall–Kier alpha value is -1.84. The average molecular weight is 192 g/mol. The quantitative estimate of drug-likeness (QED) is 0.751. The van der Waals surface area contributed by atoms with Crippen molar-refractivity contribution in [2.75, 3.05) is 12.8 Å². The van der Waals surface area contributed by atoms with Gasteiger partial charge in [0.05, 0.1) is 19.0 Å². The second-order valence-electron chi connectivity index (χ2n) is 2.91. The first kappa shape index (κ1) is 8.74. The molecule has 0 aliphatic heterocycles. The highest BCUT2D eigenvalue weighted by Crippen LogP contribution is 2.27. The molecule has 1 heterocycles. The largest absolute Gasteiger partial charge is 0.496 e. The molecular formula is C10H9FN2O. The number of hydrogen-bond donors (Lipinski definition) is 1. The third kappa shape index (κ3) is 1.25. The fourth-order valence-corrected chi connectivity index (χ4v) is 1.35. The highest BCUT2D eigenvalue weighted by Gasteiger charge is 2.07. The highest BCUT2D eigenvalue weighted by atomic mass is 19.1. The second-order valence-corrected chi connectivity index (χ2v) is 2.91. The molecule has 0 aliphatic rings. The summed E-state index contributed by atoms with van der Waals surface area (Å²) >= 11 is 0. The number of pyridine rings is 1. The molecule has 0 radical (unpaired) electrons. The van der Waals surface area contributed by atoms with Gasteiger partial charge in [0.25, 0.3) is 0 Å². The summed E-state index contributed by atoms with van der Waals surface area (Å²) in [5, 5.41) is 0.590. The predicted octanol–water partition coefficient (Wildman–Crippen LogP) is 1.96. The minimum atomic E-state index is -0.374. The van der Waals surface area contributed by atoms with E-state index in [-0.39, 0.29) is 11.3 Å². The Balaban J connectivity index is 2.85. The molecule has 72 valence electrons. The van der Waals surface area contributed by atoms with Gasteiger partial charge in [-0.05, 0) is 18.2 Å². The van der Waals surface area contributed by atoms with E-state index in [4.69, 9.17) is 10.5 Å². The Labute approximate surface area is 80.3 Å². The third-order valence-electron chi connectivity index (χ3n) is 2.00. The third-order valence-corrected chi connectivity index (χ3v) is 2.00.